The number of hydrogen-bond donors (Lipinski definition) is 1. The molecule has 3 rings (SSSR count). The average molecular weight is 235 g/mol. The highest BCUT2D eigenvalue weighted by Crippen LogP contribution is 2.25. The summed E-state index contributed by atoms with van der Waals surface area (Å²) in [6.45, 7) is 1.69. The number of rotatable bonds is 2. The second-order valence-corrected chi connectivity index (χ2v) is 4.79. The van der Waals surface area contributed by atoms with Gasteiger partial charge in [-0.15, -0.1) is 11.3 Å². The molecule has 5 heteroatoms. The van der Waals surface area contributed by atoms with Gasteiger partial charge in [0.1, 0.15) is 17.0 Å². The molecular weight excluding hydrogens is 222 g/mol. The lowest BCUT2D eigenvalue weighted by Crippen LogP contribution is -2.28. The van der Waals surface area contributed by atoms with E-state index in [1.54, 1.807) is 17.7 Å². The van der Waals surface area contributed by atoms with Crippen molar-refractivity contribution in [2.24, 2.45) is 0 Å². The van der Waals surface area contributed by atoms with E-state index >= 15 is 0 Å². The van der Waals surface area contributed by atoms with Crippen LogP contribution >= 0.6 is 11.3 Å². The quantitative estimate of drug-likeness (QED) is 0.867. The van der Waals surface area contributed by atoms with Gasteiger partial charge < -0.3 is 10.1 Å². The van der Waals surface area contributed by atoms with Gasteiger partial charge >= 0.3 is 0 Å². The predicted molar refractivity (Wildman–Crippen MR) is 64.9 cm³/mol. The number of fused-ring (bicyclic) bond motifs is 1. The van der Waals surface area contributed by atoms with E-state index < -0.39 is 0 Å². The first-order chi connectivity index (χ1) is 7.93. The van der Waals surface area contributed by atoms with E-state index in [4.69, 9.17) is 4.74 Å². The Labute approximate surface area is 97.7 Å². The lowest BCUT2D eigenvalue weighted by atomic mass is 10.1. The maximum atomic E-state index is 5.34. The Morgan fingerprint density at radius 3 is 3.06 bits per heavy atom. The van der Waals surface area contributed by atoms with Crippen molar-refractivity contribution in [3.63, 3.8) is 0 Å². The Bertz CT molecular complexity index is 479. The summed E-state index contributed by atoms with van der Waals surface area (Å²) in [5.41, 5.74) is 0. The first-order valence-electron chi connectivity index (χ1n) is 5.46. The molecule has 0 radical (unpaired) electrons. The summed E-state index contributed by atoms with van der Waals surface area (Å²) in [5.74, 6) is 0.957. The van der Waals surface area contributed by atoms with Crippen molar-refractivity contribution in [1.29, 1.82) is 0 Å². The molecule has 0 unspecified atom stereocenters. The molecule has 1 fully saturated rings. The third kappa shape index (κ3) is 1.88. The fourth-order valence-corrected chi connectivity index (χ4v) is 2.67. The van der Waals surface area contributed by atoms with Crippen LogP contribution in [0, 0.1) is 0 Å². The van der Waals surface area contributed by atoms with Crippen molar-refractivity contribution < 1.29 is 4.74 Å². The highest BCUT2D eigenvalue weighted by atomic mass is 32.1. The SMILES string of the molecule is c1nc(NC2CCOCC2)c2ccsc2n1. The molecule has 1 N–H and O–H groups in total. The van der Waals surface area contributed by atoms with Crippen molar-refractivity contribution in [1.82, 2.24) is 9.97 Å². The molecule has 3 heterocycles. The standard InChI is InChI=1S/C11H13N3OS/c1-4-15-5-2-8(1)14-10-9-3-6-16-11(9)13-7-12-10/h3,6-8H,1-2,4-5H2,(H,12,13,14). The lowest BCUT2D eigenvalue weighted by Gasteiger charge is -2.23. The molecule has 0 bridgehead atoms. The molecular formula is C11H13N3OS. The lowest BCUT2D eigenvalue weighted by molar-refractivity contribution is 0.0904. The maximum absolute atomic E-state index is 5.34. The van der Waals surface area contributed by atoms with E-state index in [1.165, 1.54) is 0 Å². The second-order valence-electron chi connectivity index (χ2n) is 3.89. The van der Waals surface area contributed by atoms with Gasteiger partial charge in [0.05, 0.1) is 5.39 Å². The van der Waals surface area contributed by atoms with Crippen LogP contribution in [-0.4, -0.2) is 29.2 Å². The number of hydrogen-bond acceptors (Lipinski definition) is 5. The van der Waals surface area contributed by atoms with Gasteiger partial charge in [-0.2, -0.15) is 0 Å². The first-order valence-corrected chi connectivity index (χ1v) is 6.34. The van der Waals surface area contributed by atoms with E-state index in [9.17, 15) is 0 Å². The Hall–Kier alpha value is -1.20. The van der Waals surface area contributed by atoms with Crippen molar-refractivity contribution in [2.45, 2.75) is 18.9 Å². The molecule has 0 atom stereocenters. The zero-order valence-electron chi connectivity index (χ0n) is 8.85. The zero-order valence-corrected chi connectivity index (χ0v) is 9.67. The number of nitrogens with one attached hydrogen (secondary N) is 1. The number of aromatic nitrogens is 2. The highest BCUT2D eigenvalue weighted by Gasteiger charge is 2.15. The minimum absolute atomic E-state index is 0.478. The molecule has 2 aromatic rings. The summed E-state index contributed by atoms with van der Waals surface area (Å²) in [7, 11) is 0. The average Bonchev–Trinajstić information content (AvgIpc) is 2.80. The van der Waals surface area contributed by atoms with Crippen molar-refractivity contribution in [3.05, 3.63) is 17.8 Å². The molecule has 84 valence electrons. The van der Waals surface area contributed by atoms with Crippen LogP contribution in [0.4, 0.5) is 5.82 Å². The third-order valence-electron chi connectivity index (χ3n) is 2.82. The second kappa shape index (κ2) is 4.35. The van der Waals surface area contributed by atoms with Crippen molar-refractivity contribution in [2.75, 3.05) is 18.5 Å². The molecule has 0 saturated carbocycles. The van der Waals surface area contributed by atoms with Gasteiger partial charge in [-0.1, -0.05) is 0 Å². The Balaban J connectivity index is 1.85. The molecule has 16 heavy (non-hydrogen) atoms. The molecule has 2 aromatic heterocycles. The zero-order chi connectivity index (χ0) is 10.8. The number of ether oxygens (including phenoxy) is 1. The summed E-state index contributed by atoms with van der Waals surface area (Å²) in [6, 6.07) is 2.55. The van der Waals surface area contributed by atoms with Gasteiger partial charge in [-0.3, -0.25) is 0 Å². The summed E-state index contributed by atoms with van der Waals surface area (Å²) >= 11 is 1.65. The van der Waals surface area contributed by atoms with Gasteiger partial charge in [0, 0.05) is 19.3 Å². The van der Waals surface area contributed by atoms with Crippen LogP contribution in [0.25, 0.3) is 10.2 Å². The fraction of sp³-hybridized carbons (Fsp3) is 0.455. The van der Waals surface area contributed by atoms with Crippen LogP contribution in [-0.2, 0) is 4.74 Å². The van der Waals surface area contributed by atoms with Gasteiger partial charge in [-0.25, -0.2) is 9.97 Å². The maximum Gasteiger partial charge on any atom is 0.138 e. The van der Waals surface area contributed by atoms with E-state index in [0.717, 1.165) is 42.1 Å². The Morgan fingerprint density at radius 2 is 2.19 bits per heavy atom. The summed E-state index contributed by atoms with van der Waals surface area (Å²) in [5, 5.41) is 6.66. The third-order valence-corrected chi connectivity index (χ3v) is 3.64. The van der Waals surface area contributed by atoms with Crippen molar-refractivity contribution in [3.8, 4) is 0 Å². The largest absolute Gasteiger partial charge is 0.381 e. The van der Waals surface area contributed by atoms with E-state index in [1.807, 2.05) is 0 Å². The molecule has 0 spiro atoms. The number of anilines is 1. The van der Waals surface area contributed by atoms with Crippen LogP contribution < -0.4 is 5.32 Å². The molecule has 0 aliphatic carbocycles. The molecule has 0 aromatic carbocycles. The van der Waals surface area contributed by atoms with Crippen LogP contribution in [0.15, 0.2) is 17.8 Å². The van der Waals surface area contributed by atoms with E-state index in [0.29, 0.717) is 6.04 Å². The minimum atomic E-state index is 0.478. The molecule has 1 saturated heterocycles. The monoisotopic (exact) mass is 235 g/mol. The Kier molecular flexibility index (Phi) is 2.71. The molecule has 1 aliphatic rings. The number of nitrogens with zero attached hydrogens (tertiary/aromatic N) is 2. The Morgan fingerprint density at radius 1 is 1.31 bits per heavy atom. The fourth-order valence-electron chi connectivity index (χ4n) is 1.94. The van der Waals surface area contributed by atoms with Gasteiger partial charge in [0.25, 0.3) is 0 Å². The molecule has 0 amide bonds. The van der Waals surface area contributed by atoms with Crippen molar-refractivity contribution >= 4 is 27.4 Å². The topological polar surface area (TPSA) is 47.0 Å². The predicted octanol–water partition coefficient (Wildman–Crippen LogP) is 2.28. The summed E-state index contributed by atoms with van der Waals surface area (Å²) in [4.78, 5) is 9.60. The first kappa shape index (κ1) is 9.99. The van der Waals surface area contributed by atoms with Crippen LogP contribution in [0.5, 0.6) is 0 Å². The smallest absolute Gasteiger partial charge is 0.138 e. The van der Waals surface area contributed by atoms with E-state index in [-0.39, 0.29) is 0 Å². The summed E-state index contributed by atoms with van der Waals surface area (Å²) < 4.78 is 5.34. The van der Waals surface area contributed by atoms with E-state index in [2.05, 4.69) is 26.7 Å². The highest BCUT2D eigenvalue weighted by molar-refractivity contribution is 7.16. The van der Waals surface area contributed by atoms with Crippen LogP contribution in [0.3, 0.4) is 0 Å². The normalized spacial score (nSPS) is 17.8. The van der Waals surface area contributed by atoms with Crippen LogP contribution in [0.2, 0.25) is 0 Å². The van der Waals surface area contributed by atoms with Crippen LogP contribution in [0.1, 0.15) is 12.8 Å². The minimum Gasteiger partial charge on any atom is -0.381 e. The van der Waals surface area contributed by atoms with Gasteiger partial charge in [-0.05, 0) is 24.3 Å². The van der Waals surface area contributed by atoms with Gasteiger partial charge in [0.15, 0.2) is 0 Å². The molecule has 4 nitrogen and oxygen atoms in total. The summed E-state index contributed by atoms with van der Waals surface area (Å²) in [6.07, 6.45) is 3.73. The van der Waals surface area contributed by atoms with Gasteiger partial charge in [0.2, 0.25) is 0 Å². The number of thiophene rings is 1. The molecule has 1 aliphatic heterocycles.